The van der Waals surface area contributed by atoms with Crippen molar-refractivity contribution in [1.82, 2.24) is 14.8 Å². The zero-order chi connectivity index (χ0) is 20.1. The van der Waals surface area contributed by atoms with Crippen molar-refractivity contribution in [2.24, 2.45) is 0 Å². The van der Waals surface area contributed by atoms with Gasteiger partial charge in [0.2, 0.25) is 0 Å². The molecule has 3 aromatic carbocycles. The topological polar surface area (TPSA) is 39.9 Å². The van der Waals surface area contributed by atoms with Crippen LogP contribution in [0, 0.1) is 11.6 Å². The second-order valence-corrected chi connectivity index (χ2v) is 7.18. The van der Waals surface area contributed by atoms with Crippen LogP contribution >= 0.6 is 11.8 Å². The minimum atomic E-state index is -0.677. The largest absolute Gasteiger partial charge is 0.493 e. The van der Waals surface area contributed by atoms with Crippen LogP contribution < -0.4 is 4.74 Å². The summed E-state index contributed by atoms with van der Waals surface area (Å²) in [6.07, 6.45) is 0. The lowest BCUT2D eigenvalue weighted by Crippen LogP contribution is -2.05. The number of rotatable bonds is 7. The Morgan fingerprint density at radius 2 is 1.59 bits per heavy atom. The highest BCUT2D eigenvalue weighted by molar-refractivity contribution is 7.99. The van der Waals surface area contributed by atoms with Crippen LogP contribution in [0.1, 0.15) is 0 Å². The summed E-state index contributed by atoms with van der Waals surface area (Å²) in [5.41, 5.74) is 0.984. The van der Waals surface area contributed by atoms with Crippen LogP contribution in [-0.2, 0) is 0 Å². The molecule has 0 aliphatic rings. The molecule has 146 valence electrons. The van der Waals surface area contributed by atoms with Crippen molar-refractivity contribution in [2.45, 2.75) is 5.16 Å². The predicted molar refractivity (Wildman–Crippen MR) is 109 cm³/mol. The van der Waals surface area contributed by atoms with Gasteiger partial charge in [-0.3, -0.25) is 4.57 Å². The molecule has 29 heavy (non-hydrogen) atoms. The average molecular weight is 409 g/mol. The van der Waals surface area contributed by atoms with Crippen LogP contribution in [0.15, 0.2) is 84.0 Å². The van der Waals surface area contributed by atoms with E-state index in [0.29, 0.717) is 23.3 Å². The number of benzene rings is 3. The number of nitrogens with zero attached hydrogens (tertiary/aromatic N) is 3. The second-order valence-electron chi connectivity index (χ2n) is 6.11. The van der Waals surface area contributed by atoms with E-state index in [4.69, 9.17) is 4.74 Å². The zero-order valence-electron chi connectivity index (χ0n) is 15.3. The molecule has 0 bridgehead atoms. The quantitative estimate of drug-likeness (QED) is 0.303. The summed E-state index contributed by atoms with van der Waals surface area (Å²) in [5.74, 6) is 0.548. The molecule has 7 heteroatoms. The van der Waals surface area contributed by atoms with Crippen molar-refractivity contribution in [3.63, 3.8) is 0 Å². The molecule has 1 heterocycles. The third kappa shape index (κ3) is 4.46. The smallest absolute Gasteiger partial charge is 0.196 e. The third-order valence-electron chi connectivity index (χ3n) is 4.14. The molecule has 0 radical (unpaired) electrons. The van der Waals surface area contributed by atoms with Crippen LogP contribution in [0.25, 0.3) is 17.1 Å². The molecule has 0 unspecified atom stereocenters. The maximum Gasteiger partial charge on any atom is 0.196 e. The van der Waals surface area contributed by atoms with Gasteiger partial charge in [0.1, 0.15) is 17.4 Å². The fraction of sp³-hybridized carbons (Fsp3) is 0.0909. The van der Waals surface area contributed by atoms with Gasteiger partial charge in [-0.15, -0.1) is 10.2 Å². The molecule has 1 aromatic heterocycles. The molecule has 0 atom stereocenters. The average Bonchev–Trinajstić information content (AvgIpc) is 3.16. The molecular formula is C22H17F2N3OS. The fourth-order valence-electron chi connectivity index (χ4n) is 2.83. The fourth-order valence-corrected chi connectivity index (χ4v) is 3.59. The molecule has 0 saturated carbocycles. The summed E-state index contributed by atoms with van der Waals surface area (Å²) in [5, 5.41) is 9.00. The minimum Gasteiger partial charge on any atom is -0.493 e. The molecule has 0 amide bonds. The molecule has 4 aromatic rings. The van der Waals surface area contributed by atoms with E-state index in [-0.39, 0.29) is 5.69 Å². The summed E-state index contributed by atoms with van der Waals surface area (Å²) in [7, 11) is 0. The second kappa shape index (κ2) is 8.87. The molecule has 0 spiro atoms. The van der Waals surface area contributed by atoms with Crippen LogP contribution in [0.2, 0.25) is 0 Å². The lowest BCUT2D eigenvalue weighted by Gasteiger charge is -2.11. The number of para-hydroxylation sites is 1. The van der Waals surface area contributed by atoms with Crippen molar-refractivity contribution in [2.75, 3.05) is 12.4 Å². The normalized spacial score (nSPS) is 10.8. The summed E-state index contributed by atoms with van der Waals surface area (Å²) in [6, 6.07) is 22.3. The van der Waals surface area contributed by atoms with Gasteiger partial charge in [0.15, 0.2) is 11.0 Å². The van der Waals surface area contributed by atoms with Crippen molar-refractivity contribution in [3.05, 3.63) is 90.5 Å². The molecule has 0 saturated heterocycles. The predicted octanol–water partition coefficient (Wildman–Crippen LogP) is 5.38. The van der Waals surface area contributed by atoms with E-state index < -0.39 is 11.6 Å². The Labute approximate surface area is 171 Å². The van der Waals surface area contributed by atoms with Crippen molar-refractivity contribution >= 4 is 11.8 Å². The molecule has 0 aliphatic carbocycles. The Bertz CT molecular complexity index is 1090. The van der Waals surface area contributed by atoms with Gasteiger partial charge in [-0.2, -0.15) is 0 Å². The molecule has 0 fully saturated rings. The van der Waals surface area contributed by atoms with Gasteiger partial charge in [0.25, 0.3) is 0 Å². The summed E-state index contributed by atoms with van der Waals surface area (Å²) in [6.45, 7) is 0.452. The van der Waals surface area contributed by atoms with Crippen LogP contribution in [0.5, 0.6) is 5.75 Å². The third-order valence-corrected chi connectivity index (χ3v) is 5.04. The van der Waals surface area contributed by atoms with E-state index in [9.17, 15) is 8.78 Å². The number of aromatic nitrogens is 3. The van der Waals surface area contributed by atoms with Crippen molar-refractivity contribution in [3.8, 4) is 22.8 Å². The van der Waals surface area contributed by atoms with Gasteiger partial charge in [-0.25, -0.2) is 8.78 Å². The Balaban J connectivity index is 1.61. The minimum absolute atomic E-state index is 0.196. The van der Waals surface area contributed by atoms with Gasteiger partial charge < -0.3 is 4.74 Å². The highest BCUT2D eigenvalue weighted by Crippen LogP contribution is 2.29. The summed E-state index contributed by atoms with van der Waals surface area (Å²) in [4.78, 5) is 0. The van der Waals surface area contributed by atoms with Crippen molar-refractivity contribution in [1.29, 1.82) is 0 Å². The maximum atomic E-state index is 14.5. The Kier molecular flexibility index (Phi) is 5.86. The number of halogens is 2. The summed E-state index contributed by atoms with van der Waals surface area (Å²) >= 11 is 1.39. The number of hydrogen-bond donors (Lipinski definition) is 0. The van der Waals surface area contributed by atoms with Crippen molar-refractivity contribution < 1.29 is 13.5 Å². The Morgan fingerprint density at radius 1 is 0.862 bits per heavy atom. The number of ether oxygens (including phenoxy) is 1. The summed E-state index contributed by atoms with van der Waals surface area (Å²) < 4.78 is 35.3. The first-order valence-corrected chi connectivity index (χ1v) is 9.98. The molecule has 0 aliphatic heterocycles. The van der Waals surface area contributed by atoms with Gasteiger partial charge >= 0.3 is 0 Å². The van der Waals surface area contributed by atoms with Gasteiger partial charge in [0.05, 0.1) is 12.3 Å². The Morgan fingerprint density at radius 3 is 2.31 bits per heavy atom. The highest BCUT2D eigenvalue weighted by Gasteiger charge is 2.19. The number of hydrogen-bond acceptors (Lipinski definition) is 4. The Hall–Kier alpha value is -3.19. The molecule has 4 nitrogen and oxygen atoms in total. The van der Waals surface area contributed by atoms with E-state index in [1.807, 2.05) is 60.7 Å². The van der Waals surface area contributed by atoms with E-state index in [2.05, 4.69) is 10.2 Å². The van der Waals surface area contributed by atoms with Crippen LogP contribution in [0.4, 0.5) is 8.78 Å². The van der Waals surface area contributed by atoms with E-state index >= 15 is 0 Å². The van der Waals surface area contributed by atoms with E-state index in [1.165, 1.54) is 23.9 Å². The molecule has 4 rings (SSSR count). The van der Waals surface area contributed by atoms with Crippen LogP contribution in [0.3, 0.4) is 0 Å². The first-order chi connectivity index (χ1) is 14.2. The van der Waals surface area contributed by atoms with E-state index in [1.54, 1.807) is 4.57 Å². The standard InChI is InChI=1S/C22H17F2N3OS/c23-17-11-12-20(19(24)15-17)27-21(16-7-3-1-4-8-16)25-26-22(27)29-14-13-28-18-9-5-2-6-10-18/h1-12,15H,13-14H2. The molecular weight excluding hydrogens is 392 g/mol. The van der Waals surface area contributed by atoms with Crippen LogP contribution in [-0.4, -0.2) is 27.1 Å². The highest BCUT2D eigenvalue weighted by atomic mass is 32.2. The molecule has 0 N–H and O–H groups in total. The number of thioether (sulfide) groups is 1. The van der Waals surface area contributed by atoms with Gasteiger partial charge in [-0.05, 0) is 24.3 Å². The van der Waals surface area contributed by atoms with Gasteiger partial charge in [0, 0.05) is 17.4 Å². The lowest BCUT2D eigenvalue weighted by atomic mass is 10.2. The van der Waals surface area contributed by atoms with E-state index in [0.717, 1.165) is 17.4 Å². The lowest BCUT2D eigenvalue weighted by molar-refractivity contribution is 0.344. The maximum absolute atomic E-state index is 14.5. The SMILES string of the molecule is Fc1ccc(-n2c(SCCOc3ccccc3)nnc2-c2ccccc2)c(F)c1. The monoisotopic (exact) mass is 409 g/mol. The first kappa shape index (κ1) is 19.1. The first-order valence-electron chi connectivity index (χ1n) is 8.99. The van der Waals surface area contributed by atoms with Gasteiger partial charge in [-0.1, -0.05) is 60.3 Å². The zero-order valence-corrected chi connectivity index (χ0v) is 16.2.